The van der Waals surface area contributed by atoms with Crippen LogP contribution in [0.15, 0.2) is 72.8 Å². The van der Waals surface area contributed by atoms with Gasteiger partial charge in [0.1, 0.15) is 0 Å². The van der Waals surface area contributed by atoms with E-state index in [0.717, 1.165) is 22.3 Å². The molecule has 0 fully saturated rings. The van der Waals surface area contributed by atoms with E-state index in [1.807, 2.05) is 60.7 Å². The zero-order valence-electron chi connectivity index (χ0n) is 10.7. The lowest BCUT2D eigenvalue weighted by atomic mass is 9.87. The van der Waals surface area contributed by atoms with Gasteiger partial charge in [-0.15, -0.1) is 0 Å². The predicted octanol–water partition coefficient (Wildman–Crippen LogP) is 3.31. The number of benzene rings is 2. The average Bonchev–Trinajstić information content (AvgIpc) is 2.51. The highest BCUT2D eigenvalue weighted by Crippen LogP contribution is 2.33. The monoisotopic (exact) mass is 260 g/mol. The third-order valence-electron chi connectivity index (χ3n) is 3.25. The van der Waals surface area contributed by atoms with Crippen LogP contribution in [0, 0.1) is 0 Å². The quantitative estimate of drug-likeness (QED) is 0.613. The molecule has 2 nitrogen and oxygen atoms in total. The topological polar surface area (TPSA) is 34.1 Å². The summed E-state index contributed by atoms with van der Waals surface area (Å²) in [5.74, 6) is -0.938. The largest absolute Gasteiger partial charge is 0.286 e. The predicted molar refractivity (Wildman–Crippen MR) is 78.9 cm³/mol. The van der Waals surface area contributed by atoms with Crippen LogP contribution in [0.25, 0.3) is 11.1 Å². The Labute approximate surface area is 117 Å². The van der Waals surface area contributed by atoms with Gasteiger partial charge in [0, 0.05) is 0 Å². The molecular weight excluding hydrogens is 248 g/mol. The van der Waals surface area contributed by atoms with Gasteiger partial charge in [-0.2, -0.15) is 0 Å². The van der Waals surface area contributed by atoms with E-state index >= 15 is 0 Å². The molecule has 0 heterocycles. The first-order valence-corrected chi connectivity index (χ1v) is 6.38. The zero-order valence-corrected chi connectivity index (χ0v) is 10.7. The van der Waals surface area contributed by atoms with Gasteiger partial charge in [-0.1, -0.05) is 60.7 Å². The van der Waals surface area contributed by atoms with Crippen LogP contribution >= 0.6 is 0 Å². The fourth-order valence-corrected chi connectivity index (χ4v) is 2.27. The molecule has 1 aliphatic rings. The van der Waals surface area contributed by atoms with Crippen LogP contribution < -0.4 is 0 Å². The van der Waals surface area contributed by atoms with Crippen molar-refractivity contribution in [1.82, 2.24) is 0 Å². The first-order chi connectivity index (χ1) is 9.75. The number of carbonyl (C=O) groups excluding carboxylic acids is 2. The minimum absolute atomic E-state index is 0.469. The van der Waals surface area contributed by atoms with Crippen molar-refractivity contribution in [2.24, 2.45) is 0 Å². The number of hydrogen-bond acceptors (Lipinski definition) is 2. The van der Waals surface area contributed by atoms with Crippen molar-refractivity contribution in [2.75, 3.05) is 0 Å². The highest BCUT2D eigenvalue weighted by Gasteiger charge is 2.21. The van der Waals surface area contributed by atoms with E-state index < -0.39 is 11.6 Å². The van der Waals surface area contributed by atoms with E-state index in [-0.39, 0.29) is 0 Å². The third-order valence-corrected chi connectivity index (χ3v) is 3.25. The Morgan fingerprint density at radius 1 is 0.500 bits per heavy atom. The number of rotatable bonds is 2. The van der Waals surface area contributed by atoms with E-state index in [1.165, 1.54) is 12.2 Å². The molecule has 0 atom stereocenters. The number of allylic oxidation sites excluding steroid dienone is 4. The summed E-state index contributed by atoms with van der Waals surface area (Å²) in [7, 11) is 0. The fraction of sp³-hybridized carbons (Fsp3) is 0. The van der Waals surface area contributed by atoms with Gasteiger partial charge < -0.3 is 0 Å². The molecule has 0 aliphatic heterocycles. The second-order valence-electron chi connectivity index (χ2n) is 4.58. The van der Waals surface area contributed by atoms with Crippen molar-refractivity contribution in [2.45, 2.75) is 0 Å². The fourth-order valence-electron chi connectivity index (χ4n) is 2.27. The van der Waals surface area contributed by atoms with Crippen molar-refractivity contribution < 1.29 is 9.59 Å². The van der Waals surface area contributed by atoms with E-state index in [9.17, 15) is 9.59 Å². The summed E-state index contributed by atoms with van der Waals surface area (Å²) in [5, 5.41) is 0. The standard InChI is InChI=1S/C18H12O2/c19-17-11-15(13-7-3-1-4-8-13)16(12-18(17)20)14-9-5-2-6-10-14/h1-12H. The average molecular weight is 260 g/mol. The van der Waals surface area contributed by atoms with Crippen LogP contribution in [-0.2, 0) is 9.59 Å². The minimum atomic E-state index is -0.469. The molecule has 0 radical (unpaired) electrons. The lowest BCUT2D eigenvalue weighted by Gasteiger charge is -2.16. The van der Waals surface area contributed by atoms with Gasteiger partial charge in [0.2, 0.25) is 11.6 Å². The van der Waals surface area contributed by atoms with Crippen LogP contribution in [0.5, 0.6) is 0 Å². The molecule has 0 saturated heterocycles. The summed E-state index contributed by atoms with van der Waals surface area (Å²) < 4.78 is 0. The normalized spacial score (nSPS) is 14.8. The molecule has 2 heteroatoms. The van der Waals surface area contributed by atoms with Gasteiger partial charge in [-0.25, -0.2) is 0 Å². The Balaban J connectivity index is 2.15. The third kappa shape index (κ3) is 2.24. The molecule has 0 bridgehead atoms. The molecule has 0 spiro atoms. The molecule has 3 rings (SSSR count). The van der Waals surface area contributed by atoms with Crippen molar-refractivity contribution in [3.63, 3.8) is 0 Å². The smallest absolute Gasteiger partial charge is 0.226 e. The SMILES string of the molecule is O=C1C=C(c2ccccc2)C(c2ccccc2)=CC1=O. The summed E-state index contributed by atoms with van der Waals surface area (Å²) >= 11 is 0. The maximum Gasteiger partial charge on any atom is 0.226 e. The van der Waals surface area contributed by atoms with Gasteiger partial charge in [-0.05, 0) is 34.4 Å². The van der Waals surface area contributed by atoms with Crippen LogP contribution in [0.1, 0.15) is 11.1 Å². The van der Waals surface area contributed by atoms with Crippen LogP contribution in [0.3, 0.4) is 0 Å². The molecule has 2 aromatic rings. The Kier molecular flexibility index (Phi) is 3.13. The van der Waals surface area contributed by atoms with Gasteiger partial charge in [0.05, 0.1) is 0 Å². The van der Waals surface area contributed by atoms with Gasteiger partial charge >= 0.3 is 0 Å². The van der Waals surface area contributed by atoms with Gasteiger partial charge in [-0.3, -0.25) is 9.59 Å². The van der Waals surface area contributed by atoms with Crippen molar-refractivity contribution in [3.8, 4) is 0 Å². The molecular formula is C18H12O2. The van der Waals surface area contributed by atoms with E-state index in [4.69, 9.17) is 0 Å². The highest BCUT2D eigenvalue weighted by molar-refractivity contribution is 6.51. The first kappa shape index (κ1) is 12.3. The van der Waals surface area contributed by atoms with Gasteiger partial charge in [0.25, 0.3) is 0 Å². The minimum Gasteiger partial charge on any atom is -0.286 e. The number of carbonyl (C=O) groups is 2. The maximum absolute atomic E-state index is 11.7. The van der Waals surface area contributed by atoms with E-state index in [2.05, 4.69) is 0 Å². The van der Waals surface area contributed by atoms with Crippen LogP contribution in [0.2, 0.25) is 0 Å². The molecule has 0 unspecified atom stereocenters. The summed E-state index contributed by atoms with van der Waals surface area (Å²) in [6, 6.07) is 19.3. The summed E-state index contributed by atoms with van der Waals surface area (Å²) in [5.41, 5.74) is 3.45. The molecule has 0 amide bonds. The van der Waals surface area contributed by atoms with Crippen LogP contribution in [-0.4, -0.2) is 11.6 Å². The maximum atomic E-state index is 11.7. The molecule has 20 heavy (non-hydrogen) atoms. The van der Waals surface area contributed by atoms with Crippen molar-refractivity contribution in [1.29, 1.82) is 0 Å². The Hall–Kier alpha value is -2.74. The lowest BCUT2D eigenvalue weighted by molar-refractivity contribution is -0.130. The van der Waals surface area contributed by atoms with Crippen molar-refractivity contribution >= 4 is 22.7 Å². The number of hydrogen-bond donors (Lipinski definition) is 0. The Morgan fingerprint density at radius 2 is 0.850 bits per heavy atom. The van der Waals surface area contributed by atoms with Gasteiger partial charge in [0.15, 0.2) is 0 Å². The lowest BCUT2D eigenvalue weighted by Crippen LogP contribution is -2.14. The molecule has 2 aromatic carbocycles. The van der Waals surface area contributed by atoms with E-state index in [1.54, 1.807) is 0 Å². The second kappa shape index (κ2) is 5.10. The van der Waals surface area contributed by atoms with Crippen LogP contribution in [0.4, 0.5) is 0 Å². The number of ketones is 2. The molecule has 1 aliphatic carbocycles. The molecule has 0 aromatic heterocycles. The zero-order chi connectivity index (χ0) is 13.9. The van der Waals surface area contributed by atoms with E-state index in [0.29, 0.717) is 0 Å². The molecule has 96 valence electrons. The second-order valence-corrected chi connectivity index (χ2v) is 4.58. The first-order valence-electron chi connectivity index (χ1n) is 6.38. The molecule has 0 N–H and O–H groups in total. The summed E-state index contributed by atoms with van der Waals surface area (Å²) in [6.45, 7) is 0. The summed E-state index contributed by atoms with van der Waals surface area (Å²) in [6.07, 6.45) is 2.86. The summed E-state index contributed by atoms with van der Waals surface area (Å²) in [4.78, 5) is 23.4. The Morgan fingerprint density at radius 3 is 1.20 bits per heavy atom. The highest BCUT2D eigenvalue weighted by atomic mass is 16.2. The van der Waals surface area contributed by atoms with Crippen molar-refractivity contribution in [3.05, 3.63) is 83.9 Å². The Bertz CT molecular complexity index is 657. The molecule has 0 saturated carbocycles.